The lowest BCUT2D eigenvalue weighted by molar-refractivity contribution is -0.385. The summed E-state index contributed by atoms with van der Waals surface area (Å²) in [5.41, 5.74) is -0.0687. The number of nitrogens with zero attached hydrogens (tertiary/aromatic N) is 1. The third-order valence-electron chi connectivity index (χ3n) is 2.07. The van der Waals surface area contributed by atoms with E-state index in [1.165, 1.54) is 32.2 Å². The van der Waals surface area contributed by atoms with Gasteiger partial charge in [0, 0.05) is 12.5 Å². The van der Waals surface area contributed by atoms with Crippen molar-refractivity contribution in [3.05, 3.63) is 28.3 Å². The van der Waals surface area contributed by atoms with Crippen LogP contribution in [-0.2, 0) is 4.79 Å². The molecule has 0 aromatic heterocycles. The van der Waals surface area contributed by atoms with Crippen LogP contribution in [0.5, 0.6) is 11.5 Å². The van der Waals surface area contributed by atoms with Crippen molar-refractivity contribution in [3.8, 4) is 11.5 Å². The molecule has 0 unspecified atom stereocenters. The summed E-state index contributed by atoms with van der Waals surface area (Å²) in [6.45, 7) is 1.69. The predicted molar refractivity (Wildman–Crippen MR) is 60.4 cm³/mol. The maximum Gasteiger partial charge on any atom is 0.273 e. The van der Waals surface area contributed by atoms with Gasteiger partial charge in [0.1, 0.15) is 5.78 Å². The molecule has 0 aliphatic heterocycles. The molecule has 0 saturated carbocycles. The van der Waals surface area contributed by atoms with Gasteiger partial charge < -0.3 is 9.47 Å². The second-order valence-corrected chi connectivity index (χ2v) is 3.39. The molecule has 6 nitrogen and oxygen atoms in total. The van der Waals surface area contributed by atoms with Gasteiger partial charge in [-0.2, -0.15) is 0 Å². The first-order valence-electron chi connectivity index (χ1n) is 4.99. The van der Waals surface area contributed by atoms with E-state index >= 15 is 0 Å². The number of ketones is 1. The highest BCUT2D eigenvalue weighted by molar-refractivity contribution is 5.75. The molecular formula is C11H13NO5. The van der Waals surface area contributed by atoms with Crippen LogP contribution < -0.4 is 9.47 Å². The summed E-state index contributed by atoms with van der Waals surface area (Å²) in [6, 6.07) is 4.06. The van der Waals surface area contributed by atoms with Gasteiger partial charge >= 0.3 is 0 Å². The number of Topliss-reactive ketones (excluding diaryl/α,β-unsaturated/α-hetero) is 1. The second-order valence-electron chi connectivity index (χ2n) is 3.39. The van der Waals surface area contributed by atoms with Crippen molar-refractivity contribution in [1.82, 2.24) is 0 Å². The van der Waals surface area contributed by atoms with E-state index in [0.29, 0.717) is 12.2 Å². The average molecular weight is 239 g/mol. The summed E-state index contributed by atoms with van der Waals surface area (Å²) < 4.78 is 10.3. The molecule has 0 bridgehead atoms. The van der Waals surface area contributed by atoms with Gasteiger partial charge in [0.15, 0.2) is 11.5 Å². The molecule has 0 heterocycles. The van der Waals surface area contributed by atoms with Gasteiger partial charge in [-0.05, 0) is 13.0 Å². The number of hydrogen-bond acceptors (Lipinski definition) is 5. The molecule has 0 atom stereocenters. The maximum absolute atomic E-state index is 10.7. The van der Waals surface area contributed by atoms with Gasteiger partial charge in [0.25, 0.3) is 5.69 Å². The lowest BCUT2D eigenvalue weighted by Gasteiger charge is -2.09. The molecule has 92 valence electrons. The lowest BCUT2D eigenvalue weighted by Crippen LogP contribution is -2.04. The summed E-state index contributed by atoms with van der Waals surface area (Å²) in [6.07, 6.45) is 0.292. The molecule has 0 N–H and O–H groups in total. The van der Waals surface area contributed by atoms with Crippen LogP contribution in [0.1, 0.15) is 13.3 Å². The minimum Gasteiger partial charge on any atom is -0.493 e. The Hall–Kier alpha value is -2.11. The smallest absolute Gasteiger partial charge is 0.273 e. The highest BCUT2D eigenvalue weighted by Gasteiger charge is 2.12. The third-order valence-corrected chi connectivity index (χ3v) is 2.07. The molecule has 0 spiro atoms. The molecule has 1 aromatic rings. The van der Waals surface area contributed by atoms with E-state index in [1.807, 2.05) is 0 Å². The number of ether oxygens (including phenoxy) is 2. The number of carbonyl (C=O) groups is 1. The second kappa shape index (κ2) is 5.83. The number of methoxy groups -OCH3 is 1. The minimum absolute atomic E-state index is 0.0193. The quantitative estimate of drug-likeness (QED) is 0.560. The van der Waals surface area contributed by atoms with Crippen LogP contribution in [0.15, 0.2) is 18.2 Å². The van der Waals surface area contributed by atoms with Gasteiger partial charge in [-0.1, -0.05) is 0 Å². The molecule has 17 heavy (non-hydrogen) atoms. The zero-order valence-corrected chi connectivity index (χ0v) is 9.63. The lowest BCUT2D eigenvalue weighted by atomic mass is 10.3. The Labute approximate surface area is 98.3 Å². The fraction of sp³-hybridized carbons (Fsp3) is 0.364. The molecule has 0 radical (unpaired) electrons. The van der Waals surface area contributed by atoms with E-state index in [2.05, 4.69) is 0 Å². The van der Waals surface area contributed by atoms with Crippen molar-refractivity contribution in [1.29, 1.82) is 0 Å². The molecule has 6 heteroatoms. The van der Waals surface area contributed by atoms with Gasteiger partial charge in [-0.25, -0.2) is 0 Å². The number of non-ortho nitro benzene ring substituents is 1. The zero-order valence-electron chi connectivity index (χ0n) is 9.63. The van der Waals surface area contributed by atoms with E-state index in [4.69, 9.17) is 9.47 Å². The van der Waals surface area contributed by atoms with Crippen LogP contribution in [0.4, 0.5) is 5.69 Å². The summed E-state index contributed by atoms with van der Waals surface area (Å²) in [7, 11) is 1.40. The van der Waals surface area contributed by atoms with Crippen molar-refractivity contribution in [2.75, 3.05) is 13.7 Å². The van der Waals surface area contributed by atoms with Crippen LogP contribution >= 0.6 is 0 Å². The van der Waals surface area contributed by atoms with E-state index in [9.17, 15) is 14.9 Å². The first-order chi connectivity index (χ1) is 8.04. The van der Waals surface area contributed by atoms with E-state index in [-0.39, 0.29) is 23.8 Å². The van der Waals surface area contributed by atoms with Crippen LogP contribution in [0.2, 0.25) is 0 Å². The van der Waals surface area contributed by atoms with Crippen molar-refractivity contribution >= 4 is 11.5 Å². The Morgan fingerprint density at radius 2 is 2.12 bits per heavy atom. The summed E-state index contributed by atoms with van der Waals surface area (Å²) in [4.78, 5) is 20.8. The molecule has 0 amide bonds. The number of hydrogen-bond donors (Lipinski definition) is 0. The minimum atomic E-state index is -0.512. The Morgan fingerprint density at radius 3 is 2.65 bits per heavy atom. The average Bonchev–Trinajstić information content (AvgIpc) is 2.28. The standard InChI is InChI=1S/C11H13NO5/c1-8(13)5-6-17-10-4-3-9(12(14)15)7-11(10)16-2/h3-4,7H,5-6H2,1-2H3. The van der Waals surface area contributed by atoms with Crippen LogP contribution in [0.3, 0.4) is 0 Å². The first kappa shape index (κ1) is 13.0. The SMILES string of the molecule is COc1cc([N+](=O)[O-])ccc1OCCC(C)=O. The third kappa shape index (κ3) is 3.75. The number of nitro groups is 1. The Bertz CT molecular complexity index is 430. The maximum atomic E-state index is 10.7. The molecule has 0 aliphatic carbocycles. The van der Waals surface area contributed by atoms with Gasteiger partial charge in [-0.15, -0.1) is 0 Å². The zero-order chi connectivity index (χ0) is 12.8. The molecule has 1 rings (SSSR count). The van der Waals surface area contributed by atoms with Crippen molar-refractivity contribution in [2.24, 2.45) is 0 Å². The van der Waals surface area contributed by atoms with Crippen molar-refractivity contribution in [3.63, 3.8) is 0 Å². The topological polar surface area (TPSA) is 78.7 Å². The van der Waals surface area contributed by atoms with Gasteiger partial charge in [0.05, 0.1) is 24.7 Å². The summed E-state index contributed by atoms with van der Waals surface area (Å²) in [5.74, 6) is 0.688. The van der Waals surface area contributed by atoms with E-state index in [1.54, 1.807) is 0 Å². The molecule has 1 aromatic carbocycles. The molecule has 0 aliphatic rings. The summed E-state index contributed by atoms with van der Waals surface area (Å²) >= 11 is 0. The van der Waals surface area contributed by atoms with Gasteiger partial charge in [-0.3, -0.25) is 14.9 Å². The monoisotopic (exact) mass is 239 g/mol. The number of benzene rings is 1. The predicted octanol–water partition coefficient (Wildman–Crippen LogP) is 1.96. The molecule has 0 fully saturated rings. The largest absolute Gasteiger partial charge is 0.493 e. The van der Waals surface area contributed by atoms with Crippen LogP contribution in [-0.4, -0.2) is 24.4 Å². The van der Waals surface area contributed by atoms with E-state index < -0.39 is 4.92 Å². The Balaban J connectivity index is 2.78. The fourth-order valence-electron chi connectivity index (χ4n) is 1.19. The van der Waals surface area contributed by atoms with Crippen molar-refractivity contribution < 1.29 is 19.2 Å². The highest BCUT2D eigenvalue weighted by atomic mass is 16.6. The van der Waals surface area contributed by atoms with Crippen molar-refractivity contribution in [2.45, 2.75) is 13.3 Å². The fourth-order valence-corrected chi connectivity index (χ4v) is 1.19. The number of nitro benzene ring substituents is 1. The van der Waals surface area contributed by atoms with Crippen LogP contribution in [0, 0.1) is 10.1 Å². The van der Waals surface area contributed by atoms with E-state index in [0.717, 1.165) is 0 Å². The molecule has 0 saturated heterocycles. The first-order valence-corrected chi connectivity index (χ1v) is 4.99. The Morgan fingerprint density at radius 1 is 1.41 bits per heavy atom. The highest BCUT2D eigenvalue weighted by Crippen LogP contribution is 2.31. The molecular weight excluding hydrogens is 226 g/mol. The normalized spacial score (nSPS) is 9.76. The number of rotatable bonds is 6. The van der Waals surface area contributed by atoms with Crippen LogP contribution in [0.25, 0.3) is 0 Å². The summed E-state index contributed by atoms with van der Waals surface area (Å²) in [5, 5.41) is 10.5. The number of carbonyl (C=O) groups excluding carboxylic acids is 1. The van der Waals surface area contributed by atoms with Gasteiger partial charge in [0.2, 0.25) is 0 Å². The Kier molecular flexibility index (Phi) is 4.45.